The maximum absolute atomic E-state index is 13.6. The van der Waals surface area contributed by atoms with Crippen molar-refractivity contribution < 1.29 is 14.4 Å². The van der Waals surface area contributed by atoms with Gasteiger partial charge in [0.1, 0.15) is 0 Å². The molecular weight excluding hydrogens is 544 g/mol. The first-order chi connectivity index (χ1) is 19.8. The second-order valence-electron chi connectivity index (χ2n) is 9.22. The Labute approximate surface area is 237 Å². The van der Waals surface area contributed by atoms with Gasteiger partial charge in [-0.3, -0.25) is 25.0 Å². The molecule has 0 fully saturated rings. The van der Waals surface area contributed by atoms with Gasteiger partial charge in [0.15, 0.2) is 17.2 Å². The lowest BCUT2D eigenvalue weighted by Crippen LogP contribution is -2.25. The number of fused-ring (bicyclic) bond motifs is 1. The molecule has 0 spiro atoms. The zero-order valence-corrected chi connectivity index (χ0v) is 22.9. The molecule has 3 heterocycles. The summed E-state index contributed by atoms with van der Waals surface area (Å²) in [5.74, 6) is 1.27. The van der Waals surface area contributed by atoms with Crippen molar-refractivity contribution in [2.75, 3.05) is 12.2 Å². The molecule has 0 atom stereocenters. The number of hydrogen-bond acceptors (Lipinski definition) is 8. The average Bonchev–Trinajstić information content (AvgIpc) is 3.67. The van der Waals surface area contributed by atoms with E-state index in [0.29, 0.717) is 38.9 Å². The summed E-state index contributed by atoms with van der Waals surface area (Å²) in [5, 5.41) is 13.1. The Morgan fingerprint density at radius 3 is 2.54 bits per heavy atom. The maximum atomic E-state index is 13.6. The van der Waals surface area contributed by atoms with Crippen LogP contribution in [0.25, 0.3) is 22.6 Å². The molecule has 3 aromatic carbocycles. The minimum atomic E-state index is -0.443. The van der Waals surface area contributed by atoms with E-state index in [1.165, 1.54) is 23.5 Å². The Balaban J connectivity index is 1.48. The summed E-state index contributed by atoms with van der Waals surface area (Å²) in [7, 11) is 1.81. The number of ether oxygens (including phenoxy) is 2. The van der Waals surface area contributed by atoms with Gasteiger partial charge in [-0.1, -0.05) is 24.8 Å². The molecule has 0 amide bonds. The fourth-order valence-corrected chi connectivity index (χ4v) is 5.37. The predicted octanol–water partition coefficient (Wildman–Crippen LogP) is 5.10. The highest BCUT2D eigenvalue weighted by atomic mass is 32.1. The van der Waals surface area contributed by atoms with E-state index in [1.54, 1.807) is 26.2 Å². The summed E-state index contributed by atoms with van der Waals surface area (Å²) in [6.07, 6.45) is 0. The van der Waals surface area contributed by atoms with E-state index in [1.807, 2.05) is 67.9 Å². The van der Waals surface area contributed by atoms with Crippen LogP contribution in [0.15, 0.2) is 94.5 Å². The molecular formula is C29H24N6O5S. The fourth-order valence-electron chi connectivity index (χ4n) is 4.51. The van der Waals surface area contributed by atoms with Crippen molar-refractivity contribution in [1.29, 1.82) is 0 Å². The monoisotopic (exact) mass is 568 g/mol. The van der Waals surface area contributed by atoms with Gasteiger partial charge in [-0.25, -0.2) is 14.4 Å². The highest BCUT2D eigenvalue weighted by molar-refractivity contribution is 7.07. The van der Waals surface area contributed by atoms with Gasteiger partial charge < -0.3 is 9.47 Å². The van der Waals surface area contributed by atoms with Gasteiger partial charge in [0.25, 0.3) is 11.2 Å². The molecule has 6 rings (SSSR count). The van der Waals surface area contributed by atoms with Crippen molar-refractivity contribution in [3.63, 3.8) is 0 Å². The van der Waals surface area contributed by atoms with Gasteiger partial charge in [0, 0.05) is 35.7 Å². The molecule has 1 N–H and O–H groups in total. The third-order valence-electron chi connectivity index (χ3n) is 6.78. The lowest BCUT2D eigenvalue weighted by Gasteiger charge is -2.15. The van der Waals surface area contributed by atoms with Crippen molar-refractivity contribution in [2.24, 2.45) is 12.0 Å². The van der Waals surface area contributed by atoms with E-state index in [2.05, 4.69) is 12.0 Å². The molecule has 11 nitrogen and oxygen atoms in total. The summed E-state index contributed by atoms with van der Waals surface area (Å²) in [6.45, 7) is 6.21. The lowest BCUT2D eigenvalue weighted by molar-refractivity contribution is -0.384. The molecule has 0 saturated carbocycles. The number of nitrogens with one attached hydrogen (secondary N) is 1. The van der Waals surface area contributed by atoms with Crippen LogP contribution in [0.3, 0.4) is 0 Å². The van der Waals surface area contributed by atoms with Crippen molar-refractivity contribution in [1.82, 2.24) is 14.0 Å². The minimum Gasteiger partial charge on any atom is -0.454 e. The summed E-state index contributed by atoms with van der Waals surface area (Å²) in [5.41, 5.74) is 7.43. The van der Waals surface area contributed by atoms with Crippen molar-refractivity contribution in [2.45, 2.75) is 6.92 Å². The van der Waals surface area contributed by atoms with Crippen LogP contribution in [-0.4, -0.2) is 25.8 Å². The van der Waals surface area contributed by atoms with Crippen molar-refractivity contribution in [3.05, 3.63) is 121 Å². The first-order valence-electron chi connectivity index (χ1n) is 12.5. The molecule has 41 heavy (non-hydrogen) atoms. The molecule has 5 aromatic rings. The van der Waals surface area contributed by atoms with E-state index in [0.717, 1.165) is 11.3 Å². The van der Waals surface area contributed by atoms with E-state index in [4.69, 9.17) is 14.5 Å². The van der Waals surface area contributed by atoms with Gasteiger partial charge in [0.05, 0.1) is 27.7 Å². The van der Waals surface area contributed by atoms with Gasteiger partial charge in [0.2, 0.25) is 11.6 Å². The number of nitro groups is 1. The van der Waals surface area contributed by atoms with E-state index in [-0.39, 0.29) is 23.7 Å². The molecule has 1 aliphatic heterocycles. The molecule has 12 heteroatoms. The van der Waals surface area contributed by atoms with Crippen LogP contribution in [0, 0.1) is 17.0 Å². The minimum absolute atomic E-state index is 0.0143. The van der Waals surface area contributed by atoms with Crippen LogP contribution in [0.1, 0.15) is 11.3 Å². The standard InChI is InChI=1S/C29H24N6O5S/c1-18(21-11-14-25-26(15-21)40-17-39-25)31-33-24(20-9-12-23(13-10-20)35(37)38)16-41-29(33)30-27-19(2)32(3)34(28(27)36)22-7-5-4-6-8-22/h4-16,31H,1,17H2,2-3H3. The molecule has 2 aromatic heterocycles. The van der Waals surface area contributed by atoms with Gasteiger partial charge in [-0.2, -0.15) is 0 Å². The largest absolute Gasteiger partial charge is 0.454 e. The second kappa shape index (κ2) is 10.3. The number of nitrogens with zero attached hydrogens (tertiary/aromatic N) is 5. The van der Waals surface area contributed by atoms with E-state index < -0.39 is 4.92 Å². The Kier molecular flexibility index (Phi) is 6.52. The van der Waals surface area contributed by atoms with Gasteiger partial charge in [-0.05, 0) is 49.4 Å². The topological polar surface area (TPSA) is 118 Å². The lowest BCUT2D eigenvalue weighted by atomic mass is 10.1. The fraction of sp³-hybridized carbons (Fsp3) is 0.103. The van der Waals surface area contributed by atoms with Gasteiger partial charge >= 0.3 is 0 Å². The van der Waals surface area contributed by atoms with Crippen molar-refractivity contribution >= 4 is 28.4 Å². The Hall–Kier alpha value is -5.36. The quantitative estimate of drug-likeness (QED) is 0.216. The van der Waals surface area contributed by atoms with Crippen LogP contribution >= 0.6 is 11.3 Å². The smallest absolute Gasteiger partial charge is 0.297 e. The number of thiazole rings is 1. The Bertz CT molecular complexity index is 1930. The van der Waals surface area contributed by atoms with Crippen LogP contribution < -0.4 is 25.3 Å². The zero-order chi connectivity index (χ0) is 28.7. The highest BCUT2D eigenvalue weighted by Crippen LogP contribution is 2.34. The number of rotatable bonds is 7. The normalized spacial score (nSPS) is 12.5. The third kappa shape index (κ3) is 4.70. The molecule has 0 unspecified atom stereocenters. The maximum Gasteiger partial charge on any atom is 0.297 e. The number of nitro benzene ring substituents is 1. The number of benzene rings is 3. The second-order valence-corrected chi connectivity index (χ2v) is 10.1. The molecule has 1 aliphatic rings. The molecule has 0 aliphatic carbocycles. The SMILES string of the molecule is C=C(Nn1c(-c2ccc([N+](=O)[O-])cc2)csc1=Nc1c(C)n(C)n(-c2ccccc2)c1=O)c1ccc2c(c1)OCO2. The number of para-hydroxylation sites is 1. The number of non-ortho nitro benzene ring substituents is 1. The van der Waals surface area contributed by atoms with Gasteiger partial charge in [-0.15, -0.1) is 11.3 Å². The molecule has 0 saturated heterocycles. The molecule has 0 bridgehead atoms. The first kappa shape index (κ1) is 25.9. The summed E-state index contributed by atoms with van der Waals surface area (Å²) in [6, 6.07) is 21.1. The number of aromatic nitrogens is 3. The number of hydrogen-bond donors (Lipinski definition) is 1. The highest BCUT2D eigenvalue weighted by Gasteiger charge is 2.19. The first-order valence-corrected chi connectivity index (χ1v) is 13.4. The van der Waals surface area contributed by atoms with Crippen LogP contribution in [-0.2, 0) is 7.05 Å². The summed E-state index contributed by atoms with van der Waals surface area (Å²) >= 11 is 1.32. The van der Waals surface area contributed by atoms with Crippen LogP contribution in [0.4, 0.5) is 11.4 Å². The van der Waals surface area contributed by atoms with Crippen molar-refractivity contribution in [3.8, 4) is 28.4 Å². The van der Waals surface area contributed by atoms with Crippen LogP contribution in [0.2, 0.25) is 0 Å². The summed E-state index contributed by atoms with van der Waals surface area (Å²) < 4.78 is 16.0. The predicted molar refractivity (Wildman–Crippen MR) is 156 cm³/mol. The Morgan fingerprint density at radius 2 is 1.80 bits per heavy atom. The average molecular weight is 569 g/mol. The zero-order valence-electron chi connectivity index (χ0n) is 22.1. The Morgan fingerprint density at radius 1 is 1.07 bits per heavy atom. The molecule has 0 radical (unpaired) electrons. The van der Waals surface area contributed by atoms with E-state index in [9.17, 15) is 14.9 Å². The molecule has 206 valence electrons. The van der Waals surface area contributed by atoms with E-state index >= 15 is 0 Å². The van der Waals surface area contributed by atoms with Crippen LogP contribution in [0.5, 0.6) is 11.5 Å². The third-order valence-corrected chi connectivity index (χ3v) is 7.61. The summed E-state index contributed by atoms with van der Waals surface area (Å²) in [4.78, 5) is 29.6.